The van der Waals surface area contributed by atoms with Gasteiger partial charge in [0.1, 0.15) is 0 Å². The summed E-state index contributed by atoms with van der Waals surface area (Å²) in [6, 6.07) is 3.89. The SMILES string of the molecule is CC(C)COC(c1cccnc1)C(C)N. The lowest BCUT2D eigenvalue weighted by atomic mass is 10.1. The summed E-state index contributed by atoms with van der Waals surface area (Å²) in [7, 11) is 0. The van der Waals surface area contributed by atoms with Crippen LogP contribution in [0.4, 0.5) is 0 Å². The van der Waals surface area contributed by atoms with Crippen LogP contribution in [0, 0.1) is 5.92 Å². The summed E-state index contributed by atoms with van der Waals surface area (Å²) in [5, 5.41) is 0. The van der Waals surface area contributed by atoms with E-state index in [1.165, 1.54) is 0 Å². The molecule has 0 saturated carbocycles. The monoisotopic (exact) mass is 208 g/mol. The molecule has 0 amide bonds. The van der Waals surface area contributed by atoms with Crippen molar-refractivity contribution < 1.29 is 4.74 Å². The van der Waals surface area contributed by atoms with E-state index in [0.717, 1.165) is 12.2 Å². The van der Waals surface area contributed by atoms with E-state index in [2.05, 4.69) is 18.8 Å². The molecule has 0 bridgehead atoms. The van der Waals surface area contributed by atoms with E-state index in [4.69, 9.17) is 10.5 Å². The van der Waals surface area contributed by atoms with Crippen LogP contribution < -0.4 is 5.73 Å². The second kappa shape index (κ2) is 5.83. The van der Waals surface area contributed by atoms with Gasteiger partial charge in [0, 0.05) is 30.6 Å². The largest absolute Gasteiger partial charge is 0.372 e. The fraction of sp³-hybridized carbons (Fsp3) is 0.583. The lowest BCUT2D eigenvalue weighted by molar-refractivity contribution is 0.0219. The average molecular weight is 208 g/mol. The summed E-state index contributed by atoms with van der Waals surface area (Å²) < 4.78 is 5.79. The van der Waals surface area contributed by atoms with Gasteiger partial charge in [-0.2, -0.15) is 0 Å². The molecule has 1 aromatic heterocycles. The summed E-state index contributed by atoms with van der Waals surface area (Å²) >= 11 is 0. The smallest absolute Gasteiger partial charge is 0.0987 e. The molecule has 0 aliphatic carbocycles. The van der Waals surface area contributed by atoms with Crippen LogP contribution in [-0.4, -0.2) is 17.6 Å². The lowest BCUT2D eigenvalue weighted by Crippen LogP contribution is -2.28. The molecule has 1 rings (SSSR count). The molecule has 2 atom stereocenters. The third-order valence-electron chi connectivity index (χ3n) is 2.10. The molecule has 0 fully saturated rings. The second-order valence-corrected chi connectivity index (χ2v) is 4.29. The first-order valence-electron chi connectivity index (χ1n) is 5.38. The minimum absolute atomic E-state index is 0.0204. The third-order valence-corrected chi connectivity index (χ3v) is 2.10. The molecule has 3 heteroatoms. The molecular weight excluding hydrogens is 188 g/mol. The molecule has 0 aliphatic heterocycles. The van der Waals surface area contributed by atoms with Gasteiger partial charge >= 0.3 is 0 Å². The Morgan fingerprint density at radius 2 is 2.13 bits per heavy atom. The van der Waals surface area contributed by atoms with E-state index < -0.39 is 0 Å². The van der Waals surface area contributed by atoms with Crippen molar-refractivity contribution >= 4 is 0 Å². The van der Waals surface area contributed by atoms with Gasteiger partial charge in [0.05, 0.1) is 6.10 Å². The molecule has 0 saturated heterocycles. The van der Waals surface area contributed by atoms with E-state index in [0.29, 0.717) is 5.92 Å². The zero-order valence-corrected chi connectivity index (χ0v) is 9.68. The molecule has 0 aliphatic rings. The predicted octanol–water partition coefficient (Wildman–Crippen LogP) is 2.14. The Bertz CT molecular complexity index is 272. The highest BCUT2D eigenvalue weighted by Crippen LogP contribution is 2.19. The van der Waals surface area contributed by atoms with Crippen LogP contribution in [0.25, 0.3) is 0 Å². The molecule has 2 N–H and O–H groups in total. The van der Waals surface area contributed by atoms with Crippen LogP contribution in [0.15, 0.2) is 24.5 Å². The number of ether oxygens (including phenoxy) is 1. The van der Waals surface area contributed by atoms with Gasteiger partial charge in [-0.1, -0.05) is 19.9 Å². The molecule has 2 unspecified atom stereocenters. The Balaban J connectivity index is 2.66. The van der Waals surface area contributed by atoms with Crippen LogP contribution in [0.5, 0.6) is 0 Å². The average Bonchev–Trinajstić information content (AvgIpc) is 2.18. The van der Waals surface area contributed by atoms with E-state index in [-0.39, 0.29) is 12.1 Å². The Hall–Kier alpha value is -0.930. The quantitative estimate of drug-likeness (QED) is 0.806. The van der Waals surface area contributed by atoms with Crippen molar-refractivity contribution in [1.82, 2.24) is 4.98 Å². The summed E-state index contributed by atoms with van der Waals surface area (Å²) in [5.41, 5.74) is 6.95. The highest BCUT2D eigenvalue weighted by Gasteiger charge is 2.17. The molecule has 15 heavy (non-hydrogen) atoms. The van der Waals surface area contributed by atoms with E-state index >= 15 is 0 Å². The number of nitrogens with zero attached hydrogens (tertiary/aromatic N) is 1. The fourth-order valence-corrected chi connectivity index (χ4v) is 1.39. The summed E-state index contributed by atoms with van der Waals surface area (Å²) in [6.07, 6.45) is 3.51. The van der Waals surface area contributed by atoms with Crippen molar-refractivity contribution in [2.24, 2.45) is 11.7 Å². The Morgan fingerprint density at radius 1 is 1.40 bits per heavy atom. The van der Waals surface area contributed by atoms with Gasteiger partial charge in [0.15, 0.2) is 0 Å². The fourth-order valence-electron chi connectivity index (χ4n) is 1.39. The molecule has 0 radical (unpaired) electrons. The topological polar surface area (TPSA) is 48.1 Å². The molecular formula is C12H20N2O. The van der Waals surface area contributed by atoms with Gasteiger partial charge in [-0.15, -0.1) is 0 Å². The molecule has 1 aromatic rings. The molecule has 3 nitrogen and oxygen atoms in total. The van der Waals surface area contributed by atoms with E-state index in [1.54, 1.807) is 6.20 Å². The van der Waals surface area contributed by atoms with Crippen molar-refractivity contribution in [2.45, 2.75) is 32.9 Å². The minimum Gasteiger partial charge on any atom is -0.372 e. The Morgan fingerprint density at radius 3 is 2.60 bits per heavy atom. The van der Waals surface area contributed by atoms with Crippen molar-refractivity contribution in [3.63, 3.8) is 0 Å². The first-order chi connectivity index (χ1) is 7.11. The predicted molar refractivity (Wildman–Crippen MR) is 61.4 cm³/mol. The van der Waals surface area contributed by atoms with Gasteiger partial charge in [0.25, 0.3) is 0 Å². The van der Waals surface area contributed by atoms with Gasteiger partial charge < -0.3 is 10.5 Å². The summed E-state index contributed by atoms with van der Waals surface area (Å²) in [6.45, 7) is 6.93. The maximum Gasteiger partial charge on any atom is 0.0987 e. The number of nitrogens with two attached hydrogens (primary N) is 1. The second-order valence-electron chi connectivity index (χ2n) is 4.29. The van der Waals surface area contributed by atoms with Crippen molar-refractivity contribution in [1.29, 1.82) is 0 Å². The summed E-state index contributed by atoms with van der Waals surface area (Å²) in [4.78, 5) is 4.08. The summed E-state index contributed by atoms with van der Waals surface area (Å²) in [5.74, 6) is 0.517. The highest BCUT2D eigenvalue weighted by molar-refractivity contribution is 5.13. The first-order valence-corrected chi connectivity index (χ1v) is 5.38. The Kier molecular flexibility index (Phi) is 4.72. The van der Waals surface area contributed by atoms with E-state index in [9.17, 15) is 0 Å². The van der Waals surface area contributed by atoms with Gasteiger partial charge in [-0.25, -0.2) is 0 Å². The van der Waals surface area contributed by atoms with Crippen LogP contribution in [0.1, 0.15) is 32.4 Å². The van der Waals surface area contributed by atoms with Crippen molar-refractivity contribution in [3.8, 4) is 0 Å². The maximum atomic E-state index is 5.90. The molecule has 1 heterocycles. The van der Waals surface area contributed by atoms with Crippen LogP contribution in [0.2, 0.25) is 0 Å². The molecule has 0 aromatic carbocycles. The number of rotatable bonds is 5. The van der Waals surface area contributed by atoms with Crippen molar-refractivity contribution in [2.75, 3.05) is 6.61 Å². The van der Waals surface area contributed by atoms with Crippen LogP contribution in [-0.2, 0) is 4.74 Å². The first kappa shape index (κ1) is 12.1. The minimum atomic E-state index is -0.0545. The van der Waals surface area contributed by atoms with E-state index in [1.807, 2.05) is 25.3 Å². The van der Waals surface area contributed by atoms with Gasteiger partial charge in [-0.3, -0.25) is 4.98 Å². The molecule has 84 valence electrons. The normalized spacial score (nSPS) is 15.3. The molecule has 0 spiro atoms. The van der Waals surface area contributed by atoms with Gasteiger partial charge in [0.2, 0.25) is 0 Å². The zero-order valence-electron chi connectivity index (χ0n) is 9.68. The van der Waals surface area contributed by atoms with Crippen molar-refractivity contribution in [3.05, 3.63) is 30.1 Å². The Labute approximate surface area is 91.7 Å². The van der Waals surface area contributed by atoms with Crippen LogP contribution in [0.3, 0.4) is 0 Å². The third kappa shape index (κ3) is 3.98. The number of aromatic nitrogens is 1. The maximum absolute atomic E-state index is 5.90. The highest BCUT2D eigenvalue weighted by atomic mass is 16.5. The lowest BCUT2D eigenvalue weighted by Gasteiger charge is -2.22. The number of pyridine rings is 1. The zero-order chi connectivity index (χ0) is 11.3. The standard InChI is InChI=1S/C12H20N2O/c1-9(2)8-15-12(10(3)13)11-5-4-6-14-7-11/h4-7,9-10,12H,8,13H2,1-3H3. The van der Waals surface area contributed by atoms with Crippen LogP contribution >= 0.6 is 0 Å². The number of hydrogen-bond donors (Lipinski definition) is 1. The van der Waals surface area contributed by atoms with Gasteiger partial charge in [-0.05, 0) is 18.9 Å². The number of hydrogen-bond acceptors (Lipinski definition) is 3.